The molecule has 1 fully saturated rings. The van der Waals surface area contributed by atoms with E-state index in [1.54, 1.807) is 6.20 Å². The molecule has 0 spiro atoms. The van der Waals surface area contributed by atoms with Crippen LogP contribution < -0.4 is 4.72 Å². The van der Waals surface area contributed by atoms with Crippen LogP contribution in [-0.2, 0) is 22.2 Å². The molecule has 0 saturated heterocycles. The van der Waals surface area contributed by atoms with Crippen molar-refractivity contribution in [3.63, 3.8) is 0 Å². The second kappa shape index (κ2) is 7.62. The number of aromatic nitrogens is 4. The molecule has 1 aliphatic rings. The lowest BCUT2D eigenvalue weighted by Gasteiger charge is -2.10. The number of hydrogen-bond donors (Lipinski definition) is 1. The predicted molar refractivity (Wildman–Crippen MR) is 122 cm³/mol. The Morgan fingerprint density at radius 3 is 2.55 bits per heavy atom. The van der Waals surface area contributed by atoms with E-state index in [0.717, 1.165) is 34.6 Å². The van der Waals surface area contributed by atoms with Crippen LogP contribution in [0, 0.1) is 0 Å². The summed E-state index contributed by atoms with van der Waals surface area (Å²) in [5.74, 6) is -0.0443. The molecule has 0 amide bonds. The lowest BCUT2D eigenvalue weighted by molar-refractivity contribution is 0.587. The Labute approximate surface area is 181 Å². The van der Waals surface area contributed by atoms with Gasteiger partial charge in [-0.3, -0.25) is 4.68 Å². The monoisotopic (exact) mass is 435 g/mol. The number of benzene rings is 2. The highest BCUT2D eigenvalue weighted by atomic mass is 32.2. The third-order valence-corrected chi connectivity index (χ3v) is 7.13. The van der Waals surface area contributed by atoms with Crippen molar-refractivity contribution in [2.75, 3.05) is 7.05 Å². The van der Waals surface area contributed by atoms with E-state index >= 15 is 0 Å². The molecule has 1 N–H and O–H groups in total. The molecular weight excluding hydrogens is 410 g/mol. The lowest BCUT2D eigenvalue weighted by atomic mass is 10.1. The van der Waals surface area contributed by atoms with Gasteiger partial charge >= 0.3 is 0 Å². The zero-order valence-electron chi connectivity index (χ0n) is 17.6. The van der Waals surface area contributed by atoms with Crippen LogP contribution in [0.5, 0.6) is 0 Å². The maximum Gasteiger partial charge on any atom is 0.215 e. The van der Waals surface area contributed by atoms with E-state index in [1.807, 2.05) is 35.0 Å². The Bertz CT molecular complexity index is 1350. The van der Waals surface area contributed by atoms with Gasteiger partial charge in [0.15, 0.2) is 0 Å². The van der Waals surface area contributed by atoms with Crippen LogP contribution in [0.15, 0.2) is 54.7 Å². The standard InChI is InChI=1S/C23H25N5O2S/c1-3-21-20-11-6-17(14-23(20)28(26-21)19-9-10-19)22-12-13-25-27(22)18-7-4-16(5-8-18)15-31(29,30)24-2/h4-8,11-14,19,24H,3,9-10,15H2,1-2H3. The van der Waals surface area contributed by atoms with E-state index in [1.165, 1.54) is 30.8 Å². The first kappa shape index (κ1) is 20.0. The van der Waals surface area contributed by atoms with Gasteiger partial charge in [0.05, 0.1) is 40.6 Å². The molecular formula is C23H25N5O2S. The molecule has 160 valence electrons. The zero-order valence-corrected chi connectivity index (χ0v) is 18.4. The number of fused-ring (bicyclic) bond motifs is 1. The summed E-state index contributed by atoms with van der Waals surface area (Å²) in [4.78, 5) is 0. The Hall–Kier alpha value is -2.97. The van der Waals surface area contributed by atoms with Gasteiger partial charge < -0.3 is 0 Å². The first-order valence-corrected chi connectivity index (χ1v) is 12.2. The molecule has 2 heterocycles. The van der Waals surface area contributed by atoms with Crippen molar-refractivity contribution in [2.24, 2.45) is 0 Å². The Balaban J connectivity index is 1.52. The summed E-state index contributed by atoms with van der Waals surface area (Å²) in [5.41, 5.74) is 6.01. The topological polar surface area (TPSA) is 81.8 Å². The van der Waals surface area contributed by atoms with Crippen molar-refractivity contribution >= 4 is 20.9 Å². The third-order valence-electron chi connectivity index (χ3n) is 5.80. The number of sulfonamides is 1. The third kappa shape index (κ3) is 3.77. The van der Waals surface area contributed by atoms with Gasteiger partial charge in [-0.05, 0) is 56.1 Å². The zero-order chi connectivity index (χ0) is 21.6. The number of aryl methyl sites for hydroxylation is 1. The van der Waals surface area contributed by atoms with E-state index in [4.69, 9.17) is 5.10 Å². The highest BCUT2D eigenvalue weighted by Crippen LogP contribution is 2.38. The van der Waals surface area contributed by atoms with Crippen molar-refractivity contribution in [2.45, 2.75) is 38.0 Å². The van der Waals surface area contributed by atoms with Crippen molar-refractivity contribution in [3.05, 3.63) is 66.0 Å². The van der Waals surface area contributed by atoms with E-state index in [2.05, 4.69) is 39.6 Å². The van der Waals surface area contributed by atoms with Crippen LogP contribution >= 0.6 is 0 Å². The molecule has 0 bridgehead atoms. The molecule has 5 rings (SSSR count). The largest absolute Gasteiger partial charge is 0.262 e. The maximum atomic E-state index is 11.8. The van der Waals surface area contributed by atoms with Crippen molar-refractivity contribution in [1.82, 2.24) is 24.3 Å². The molecule has 0 radical (unpaired) electrons. The maximum absolute atomic E-state index is 11.8. The highest BCUT2D eigenvalue weighted by molar-refractivity contribution is 7.88. The van der Waals surface area contributed by atoms with Gasteiger partial charge in [-0.15, -0.1) is 0 Å². The van der Waals surface area contributed by atoms with E-state index in [9.17, 15) is 8.42 Å². The molecule has 2 aromatic heterocycles. The minimum atomic E-state index is -3.30. The molecule has 0 aliphatic heterocycles. The fourth-order valence-electron chi connectivity index (χ4n) is 3.97. The van der Waals surface area contributed by atoms with Gasteiger partial charge in [-0.1, -0.05) is 31.2 Å². The smallest absolute Gasteiger partial charge is 0.215 e. The first-order chi connectivity index (χ1) is 15.0. The van der Waals surface area contributed by atoms with Crippen LogP contribution in [0.3, 0.4) is 0 Å². The molecule has 0 unspecified atom stereocenters. The molecule has 1 saturated carbocycles. The summed E-state index contributed by atoms with van der Waals surface area (Å²) in [5, 5.41) is 10.6. The second-order valence-electron chi connectivity index (χ2n) is 7.97. The minimum absolute atomic E-state index is 0.0443. The average Bonchev–Trinajstić information content (AvgIpc) is 3.38. The summed E-state index contributed by atoms with van der Waals surface area (Å²) in [6.45, 7) is 2.15. The van der Waals surface area contributed by atoms with Crippen molar-refractivity contribution in [3.8, 4) is 16.9 Å². The Kier molecular flexibility index (Phi) is 4.91. The Morgan fingerprint density at radius 2 is 1.87 bits per heavy atom. The van der Waals surface area contributed by atoms with Gasteiger partial charge in [0.1, 0.15) is 0 Å². The van der Waals surface area contributed by atoms with Crippen LogP contribution in [-0.4, -0.2) is 35.0 Å². The fourth-order valence-corrected chi connectivity index (χ4v) is 4.75. The lowest BCUT2D eigenvalue weighted by Crippen LogP contribution is -2.20. The summed E-state index contributed by atoms with van der Waals surface area (Å²) in [6.07, 6.45) is 5.09. The molecule has 2 aromatic carbocycles. The van der Waals surface area contributed by atoms with Crippen molar-refractivity contribution < 1.29 is 8.42 Å². The number of rotatable bonds is 7. The summed E-state index contributed by atoms with van der Waals surface area (Å²) < 4.78 is 30.0. The summed E-state index contributed by atoms with van der Waals surface area (Å²) in [6, 6.07) is 16.5. The van der Waals surface area contributed by atoms with E-state index in [-0.39, 0.29) is 5.75 Å². The van der Waals surface area contributed by atoms with Crippen LogP contribution in [0.4, 0.5) is 0 Å². The van der Waals surface area contributed by atoms with Crippen molar-refractivity contribution in [1.29, 1.82) is 0 Å². The van der Waals surface area contributed by atoms with Crippen LogP contribution in [0.2, 0.25) is 0 Å². The normalized spacial score (nSPS) is 14.4. The SMILES string of the molecule is CCc1nn(C2CC2)c2cc(-c3ccnn3-c3ccc(CS(=O)(=O)NC)cc3)ccc12. The van der Waals surface area contributed by atoms with Crippen LogP contribution in [0.25, 0.3) is 27.8 Å². The minimum Gasteiger partial charge on any atom is -0.262 e. The number of hydrogen-bond acceptors (Lipinski definition) is 4. The van der Waals surface area contributed by atoms with Gasteiger partial charge in [-0.2, -0.15) is 10.2 Å². The molecule has 4 aromatic rings. The molecule has 7 nitrogen and oxygen atoms in total. The Morgan fingerprint density at radius 1 is 1.10 bits per heavy atom. The van der Waals surface area contributed by atoms with Gasteiger partial charge in [0, 0.05) is 10.9 Å². The molecule has 31 heavy (non-hydrogen) atoms. The van der Waals surface area contributed by atoms with Gasteiger partial charge in [-0.25, -0.2) is 17.8 Å². The summed E-state index contributed by atoms with van der Waals surface area (Å²) in [7, 11) is -1.87. The molecule has 1 aliphatic carbocycles. The molecule has 8 heteroatoms. The fraction of sp³-hybridized carbons (Fsp3) is 0.304. The highest BCUT2D eigenvalue weighted by Gasteiger charge is 2.27. The van der Waals surface area contributed by atoms with Crippen LogP contribution in [0.1, 0.15) is 37.1 Å². The number of nitrogens with one attached hydrogen (secondary N) is 1. The average molecular weight is 436 g/mol. The predicted octanol–water partition coefficient (Wildman–Crippen LogP) is 3.84. The van der Waals surface area contributed by atoms with Gasteiger partial charge in [0.2, 0.25) is 10.0 Å². The first-order valence-electron chi connectivity index (χ1n) is 10.5. The van der Waals surface area contributed by atoms with E-state index in [0.29, 0.717) is 6.04 Å². The second-order valence-corrected chi connectivity index (χ2v) is 9.89. The van der Waals surface area contributed by atoms with E-state index < -0.39 is 10.0 Å². The molecule has 0 atom stereocenters. The summed E-state index contributed by atoms with van der Waals surface area (Å²) >= 11 is 0. The number of nitrogens with zero attached hydrogens (tertiary/aromatic N) is 4. The quantitative estimate of drug-likeness (QED) is 0.478. The van der Waals surface area contributed by atoms with Gasteiger partial charge in [0.25, 0.3) is 0 Å².